The summed E-state index contributed by atoms with van der Waals surface area (Å²) in [5.74, 6) is -0.196. The van der Waals surface area contributed by atoms with Crippen LogP contribution in [-0.2, 0) is 14.3 Å². The van der Waals surface area contributed by atoms with Crippen molar-refractivity contribution in [3.05, 3.63) is 82.5 Å². The van der Waals surface area contributed by atoms with Gasteiger partial charge in [-0.3, -0.25) is 9.69 Å². The number of aliphatic imine (C=N–C) groups is 1. The average molecular weight is 505 g/mol. The fraction of sp³-hybridized carbons (Fsp3) is 0.185. The van der Waals surface area contributed by atoms with E-state index in [2.05, 4.69) is 4.99 Å². The SMILES string of the molecule is COC(=O)c1cccc(N=C2SC(=Cc3ccc(-c4ccccc4C(=O)OC(C)C)o3)C(=O)N2C)c1. The molecule has 4 rings (SSSR count). The smallest absolute Gasteiger partial charge is 0.339 e. The van der Waals surface area contributed by atoms with Crippen LogP contribution in [0.3, 0.4) is 0 Å². The van der Waals surface area contributed by atoms with Gasteiger partial charge in [0.05, 0.1) is 34.9 Å². The number of methoxy groups -OCH3 is 1. The second-order valence-electron chi connectivity index (χ2n) is 8.11. The van der Waals surface area contributed by atoms with E-state index in [1.165, 1.54) is 23.8 Å². The van der Waals surface area contributed by atoms with Crippen LogP contribution in [0.2, 0.25) is 0 Å². The first-order chi connectivity index (χ1) is 17.3. The van der Waals surface area contributed by atoms with E-state index in [0.717, 1.165) is 0 Å². The minimum atomic E-state index is -0.464. The second kappa shape index (κ2) is 10.7. The van der Waals surface area contributed by atoms with E-state index in [1.807, 2.05) is 6.07 Å². The number of nitrogens with zero attached hydrogens (tertiary/aromatic N) is 2. The fourth-order valence-corrected chi connectivity index (χ4v) is 4.41. The summed E-state index contributed by atoms with van der Waals surface area (Å²) >= 11 is 1.19. The number of amidine groups is 1. The zero-order valence-electron chi connectivity index (χ0n) is 20.2. The maximum absolute atomic E-state index is 12.8. The number of ether oxygens (including phenoxy) is 2. The zero-order chi connectivity index (χ0) is 25.8. The molecule has 9 heteroatoms. The number of rotatable bonds is 6. The van der Waals surface area contributed by atoms with E-state index in [-0.39, 0.29) is 12.0 Å². The topological polar surface area (TPSA) is 98.4 Å². The molecule has 1 amide bonds. The highest BCUT2D eigenvalue weighted by atomic mass is 32.2. The van der Waals surface area contributed by atoms with Crippen LogP contribution in [0.15, 0.2) is 75.0 Å². The molecule has 0 N–H and O–H groups in total. The van der Waals surface area contributed by atoms with Crippen molar-refractivity contribution in [3.63, 3.8) is 0 Å². The summed E-state index contributed by atoms with van der Waals surface area (Å²) in [6.07, 6.45) is 1.39. The molecule has 2 heterocycles. The maximum atomic E-state index is 12.8. The standard InChI is InChI=1S/C27H24N2O6S/c1-16(2)34-26(32)21-11-6-5-10-20(21)22-13-12-19(35-22)15-23-24(30)29(3)27(36-23)28-18-9-7-8-17(14-18)25(31)33-4/h5-16H,1-4H3. The third kappa shape index (κ3) is 5.41. The molecular weight excluding hydrogens is 480 g/mol. The van der Waals surface area contributed by atoms with Gasteiger partial charge in [-0.15, -0.1) is 0 Å². The van der Waals surface area contributed by atoms with Gasteiger partial charge < -0.3 is 13.9 Å². The molecule has 1 saturated heterocycles. The zero-order valence-corrected chi connectivity index (χ0v) is 21.0. The Kier molecular flexibility index (Phi) is 7.40. The molecule has 1 aromatic heterocycles. The van der Waals surface area contributed by atoms with Crippen LogP contribution in [0.25, 0.3) is 17.4 Å². The van der Waals surface area contributed by atoms with Crippen LogP contribution in [0.1, 0.15) is 40.3 Å². The summed E-state index contributed by atoms with van der Waals surface area (Å²) in [4.78, 5) is 43.5. The lowest BCUT2D eigenvalue weighted by atomic mass is 10.1. The molecule has 0 saturated carbocycles. The van der Waals surface area contributed by atoms with E-state index < -0.39 is 11.9 Å². The monoisotopic (exact) mass is 504 g/mol. The normalized spacial score (nSPS) is 15.7. The number of esters is 2. The van der Waals surface area contributed by atoms with E-state index in [9.17, 15) is 14.4 Å². The molecule has 0 unspecified atom stereocenters. The number of carbonyl (C=O) groups excluding carboxylic acids is 3. The van der Waals surface area contributed by atoms with Crippen LogP contribution in [-0.4, -0.2) is 48.2 Å². The van der Waals surface area contributed by atoms with Gasteiger partial charge in [0.1, 0.15) is 11.5 Å². The number of likely N-dealkylation sites (N-methyl/N-ethyl adjacent to an activating group) is 1. The molecular formula is C27H24N2O6S. The van der Waals surface area contributed by atoms with Crippen molar-refractivity contribution < 1.29 is 28.3 Å². The predicted molar refractivity (Wildman–Crippen MR) is 138 cm³/mol. The van der Waals surface area contributed by atoms with Crippen molar-refractivity contribution in [1.29, 1.82) is 0 Å². The maximum Gasteiger partial charge on any atom is 0.339 e. The van der Waals surface area contributed by atoms with Gasteiger partial charge >= 0.3 is 11.9 Å². The van der Waals surface area contributed by atoms with E-state index >= 15 is 0 Å². The van der Waals surface area contributed by atoms with Crippen LogP contribution < -0.4 is 0 Å². The van der Waals surface area contributed by atoms with E-state index in [1.54, 1.807) is 81.6 Å². The number of thioether (sulfide) groups is 1. The number of hydrogen-bond donors (Lipinski definition) is 0. The minimum absolute atomic E-state index is 0.235. The molecule has 2 aromatic carbocycles. The first kappa shape index (κ1) is 25.0. The summed E-state index contributed by atoms with van der Waals surface area (Å²) in [7, 11) is 2.94. The van der Waals surface area contributed by atoms with Gasteiger partial charge in [0.15, 0.2) is 5.17 Å². The molecule has 184 valence electrons. The second-order valence-corrected chi connectivity index (χ2v) is 9.12. The van der Waals surface area contributed by atoms with Gasteiger partial charge in [-0.1, -0.05) is 24.3 Å². The minimum Gasteiger partial charge on any atom is -0.465 e. The molecule has 0 radical (unpaired) electrons. The molecule has 8 nitrogen and oxygen atoms in total. The first-order valence-corrected chi connectivity index (χ1v) is 11.9. The Morgan fingerprint density at radius 3 is 2.58 bits per heavy atom. The Bertz CT molecular complexity index is 1390. The highest BCUT2D eigenvalue weighted by Crippen LogP contribution is 2.35. The fourth-order valence-electron chi connectivity index (χ4n) is 3.44. The number of hydrogen-bond acceptors (Lipinski definition) is 8. The lowest BCUT2D eigenvalue weighted by molar-refractivity contribution is -0.121. The largest absolute Gasteiger partial charge is 0.465 e. The molecule has 0 atom stereocenters. The molecule has 0 bridgehead atoms. The highest BCUT2D eigenvalue weighted by molar-refractivity contribution is 8.18. The summed E-state index contributed by atoms with van der Waals surface area (Å²) < 4.78 is 16.1. The van der Waals surface area contributed by atoms with Gasteiger partial charge in [0.2, 0.25) is 0 Å². The van der Waals surface area contributed by atoms with Gasteiger partial charge in [-0.05, 0) is 62.0 Å². The summed E-state index contributed by atoms with van der Waals surface area (Å²) in [6.45, 7) is 3.58. The van der Waals surface area contributed by atoms with Crippen LogP contribution >= 0.6 is 11.8 Å². The van der Waals surface area contributed by atoms with E-state index in [4.69, 9.17) is 13.9 Å². The van der Waals surface area contributed by atoms with Crippen molar-refractivity contribution in [2.45, 2.75) is 20.0 Å². The predicted octanol–water partition coefficient (Wildman–Crippen LogP) is 5.53. The Labute approximate surface area is 212 Å². The van der Waals surface area contributed by atoms with Gasteiger partial charge in [-0.2, -0.15) is 0 Å². The molecule has 1 fully saturated rings. The van der Waals surface area contributed by atoms with Crippen molar-refractivity contribution in [3.8, 4) is 11.3 Å². The molecule has 3 aromatic rings. The summed E-state index contributed by atoms with van der Waals surface area (Å²) in [5.41, 5.74) is 1.89. The molecule has 0 spiro atoms. The molecule has 1 aliphatic heterocycles. The number of amides is 1. The van der Waals surface area contributed by atoms with Crippen LogP contribution in [0.4, 0.5) is 5.69 Å². The van der Waals surface area contributed by atoms with Crippen molar-refractivity contribution in [1.82, 2.24) is 4.90 Å². The molecule has 36 heavy (non-hydrogen) atoms. The molecule has 1 aliphatic rings. The Balaban J connectivity index is 1.58. The third-order valence-electron chi connectivity index (χ3n) is 5.15. The lowest BCUT2D eigenvalue weighted by Crippen LogP contribution is -2.23. The highest BCUT2D eigenvalue weighted by Gasteiger charge is 2.31. The lowest BCUT2D eigenvalue weighted by Gasteiger charge is -2.10. The number of furan rings is 1. The van der Waals surface area contributed by atoms with Gasteiger partial charge in [0, 0.05) is 18.7 Å². The Morgan fingerprint density at radius 1 is 1.06 bits per heavy atom. The Hall–Kier alpha value is -4.11. The first-order valence-electron chi connectivity index (χ1n) is 11.1. The molecule has 0 aliphatic carbocycles. The van der Waals surface area contributed by atoms with E-state index in [0.29, 0.717) is 44.0 Å². The van der Waals surface area contributed by atoms with Crippen molar-refractivity contribution in [2.24, 2.45) is 4.99 Å². The third-order valence-corrected chi connectivity index (χ3v) is 6.21. The summed E-state index contributed by atoms with van der Waals surface area (Å²) in [6, 6.07) is 17.2. The average Bonchev–Trinajstić information content (AvgIpc) is 3.44. The van der Waals surface area contributed by atoms with Gasteiger partial charge in [-0.25, -0.2) is 14.6 Å². The quantitative estimate of drug-likeness (QED) is 0.321. The summed E-state index contributed by atoms with van der Waals surface area (Å²) in [5, 5.41) is 0.460. The number of carbonyl (C=O) groups is 3. The Morgan fingerprint density at radius 2 is 1.83 bits per heavy atom. The van der Waals surface area contributed by atoms with Crippen LogP contribution in [0.5, 0.6) is 0 Å². The van der Waals surface area contributed by atoms with Crippen molar-refractivity contribution in [2.75, 3.05) is 14.2 Å². The van der Waals surface area contributed by atoms with Crippen molar-refractivity contribution >= 4 is 46.5 Å². The number of benzene rings is 2. The van der Waals surface area contributed by atoms with Gasteiger partial charge in [0.25, 0.3) is 5.91 Å². The van der Waals surface area contributed by atoms with Crippen LogP contribution in [0, 0.1) is 0 Å².